The second-order valence-electron chi connectivity index (χ2n) is 2.93. The molecule has 0 amide bonds. The van der Waals surface area contributed by atoms with Crippen LogP contribution >= 0.6 is 15.9 Å². The van der Waals surface area contributed by atoms with Gasteiger partial charge < -0.3 is 4.74 Å². The fraction of sp³-hybridized carbons (Fsp3) is 0.750. The summed E-state index contributed by atoms with van der Waals surface area (Å²) in [6.45, 7) is 6.72. The number of alkyl halides is 1. The minimum atomic E-state index is 0.323. The Bertz CT molecular complexity index is 272. The van der Waals surface area contributed by atoms with Gasteiger partial charge in [-0.2, -0.15) is 0 Å². The van der Waals surface area contributed by atoms with Gasteiger partial charge in [0.2, 0.25) is 0 Å². The van der Waals surface area contributed by atoms with Gasteiger partial charge in [0, 0.05) is 6.04 Å². The van der Waals surface area contributed by atoms with Crippen LogP contribution < -0.4 is 4.74 Å². The van der Waals surface area contributed by atoms with Crippen molar-refractivity contribution in [2.24, 2.45) is 0 Å². The molecular formula is C8H14BrN3O. The molecule has 0 N–H and O–H groups in total. The molecule has 1 aromatic heterocycles. The molecule has 1 rings (SSSR count). The maximum Gasteiger partial charge on any atom is 0.317 e. The number of aromatic nitrogens is 3. The van der Waals surface area contributed by atoms with Crippen molar-refractivity contribution in [2.45, 2.75) is 32.1 Å². The predicted octanol–water partition coefficient (Wildman–Crippen LogP) is 2.15. The van der Waals surface area contributed by atoms with E-state index in [-0.39, 0.29) is 0 Å². The van der Waals surface area contributed by atoms with Gasteiger partial charge in [-0.25, -0.2) is 0 Å². The quantitative estimate of drug-likeness (QED) is 0.766. The Balaban J connectivity index is 2.99. The zero-order valence-corrected chi connectivity index (χ0v) is 9.71. The third-order valence-electron chi connectivity index (χ3n) is 1.64. The number of halogens is 1. The minimum Gasteiger partial charge on any atom is -0.464 e. The highest BCUT2D eigenvalue weighted by Gasteiger charge is 2.13. The Morgan fingerprint density at radius 1 is 1.46 bits per heavy atom. The summed E-state index contributed by atoms with van der Waals surface area (Å²) < 4.78 is 7.33. The van der Waals surface area contributed by atoms with Crippen molar-refractivity contribution in [3.63, 3.8) is 0 Å². The van der Waals surface area contributed by atoms with E-state index in [0.717, 1.165) is 5.82 Å². The Hall–Kier alpha value is -0.580. The smallest absolute Gasteiger partial charge is 0.317 e. The molecule has 0 radical (unpaired) electrons. The molecule has 0 unspecified atom stereocenters. The first-order chi connectivity index (χ1) is 6.20. The lowest BCUT2D eigenvalue weighted by Gasteiger charge is -2.11. The molecule has 4 nitrogen and oxygen atoms in total. The van der Waals surface area contributed by atoms with Crippen molar-refractivity contribution in [1.29, 1.82) is 0 Å². The number of hydrogen-bond donors (Lipinski definition) is 0. The third-order valence-corrected chi connectivity index (χ3v) is 2.15. The van der Waals surface area contributed by atoms with Crippen LogP contribution in [0.3, 0.4) is 0 Å². The molecule has 5 heteroatoms. The van der Waals surface area contributed by atoms with Crippen molar-refractivity contribution in [3.8, 4) is 6.01 Å². The predicted molar refractivity (Wildman–Crippen MR) is 54.2 cm³/mol. The molecular weight excluding hydrogens is 234 g/mol. The summed E-state index contributed by atoms with van der Waals surface area (Å²) in [7, 11) is 0. The molecule has 0 saturated heterocycles. The standard InChI is InChI=1S/C8H14BrN3O/c1-4-13-8-11-10-7(5-9)12(8)6(2)3/h6H,4-5H2,1-3H3. The molecule has 0 bridgehead atoms. The first-order valence-electron chi connectivity index (χ1n) is 4.33. The summed E-state index contributed by atoms with van der Waals surface area (Å²) in [5.41, 5.74) is 0. The lowest BCUT2D eigenvalue weighted by Crippen LogP contribution is -2.08. The van der Waals surface area contributed by atoms with Gasteiger partial charge in [-0.1, -0.05) is 21.0 Å². The number of ether oxygens (including phenoxy) is 1. The molecule has 0 aromatic carbocycles. The summed E-state index contributed by atoms with van der Waals surface area (Å²) >= 11 is 3.36. The van der Waals surface area contributed by atoms with E-state index >= 15 is 0 Å². The monoisotopic (exact) mass is 247 g/mol. The van der Waals surface area contributed by atoms with Crippen LogP contribution in [0, 0.1) is 0 Å². The number of nitrogens with zero attached hydrogens (tertiary/aromatic N) is 3. The summed E-state index contributed by atoms with van der Waals surface area (Å²) in [5, 5.41) is 8.67. The van der Waals surface area contributed by atoms with Crippen LogP contribution in [0.1, 0.15) is 32.6 Å². The van der Waals surface area contributed by atoms with E-state index in [1.165, 1.54) is 0 Å². The van der Waals surface area contributed by atoms with Gasteiger partial charge >= 0.3 is 6.01 Å². The molecule has 0 spiro atoms. The van der Waals surface area contributed by atoms with Crippen LogP contribution in [-0.2, 0) is 5.33 Å². The van der Waals surface area contributed by atoms with E-state index in [2.05, 4.69) is 40.0 Å². The summed E-state index contributed by atoms with van der Waals surface area (Å²) in [6.07, 6.45) is 0. The molecule has 0 saturated carbocycles. The van der Waals surface area contributed by atoms with E-state index in [1.807, 2.05) is 11.5 Å². The van der Waals surface area contributed by atoms with Crippen molar-refractivity contribution in [2.75, 3.05) is 6.61 Å². The molecule has 1 heterocycles. The summed E-state index contributed by atoms with van der Waals surface area (Å²) in [5.74, 6) is 0.901. The lowest BCUT2D eigenvalue weighted by molar-refractivity contribution is 0.287. The van der Waals surface area contributed by atoms with Gasteiger partial charge in [0.1, 0.15) is 5.82 Å². The van der Waals surface area contributed by atoms with Gasteiger partial charge in [0.15, 0.2) is 0 Å². The number of hydrogen-bond acceptors (Lipinski definition) is 3. The summed E-state index contributed by atoms with van der Waals surface area (Å²) in [6, 6.07) is 0.927. The molecule has 0 aliphatic carbocycles. The Morgan fingerprint density at radius 3 is 2.62 bits per heavy atom. The van der Waals surface area contributed by atoms with Crippen molar-refractivity contribution in [1.82, 2.24) is 14.8 Å². The zero-order chi connectivity index (χ0) is 9.84. The normalized spacial score (nSPS) is 10.8. The van der Waals surface area contributed by atoms with Crippen molar-refractivity contribution >= 4 is 15.9 Å². The average molecular weight is 248 g/mol. The fourth-order valence-corrected chi connectivity index (χ4v) is 1.53. The minimum absolute atomic E-state index is 0.323. The molecule has 0 aliphatic heterocycles. The maximum atomic E-state index is 5.35. The van der Waals surface area contributed by atoms with Gasteiger partial charge in [0.05, 0.1) is 11.9 Å². The topological polar surface area (TPSA) is 39.9 Å². The fourth-order valence-electron chi connectivity index (χ4n) is 1.14. The van der Waals surface area contributed by atoms with Crippen molar-refractivity contribution in [3.05, 3.63) is 5.82 Å². The van der Waals surface area contributed by atoms with E-state index in [1.54, 1.807) is 0 Å². The van der Waals surface area contributed by atoms with Gasteiger partial charge in [-0.05, 0) is 20.8 Å². The molecule has 0 aliphatic rings. The number of rotatable bonds is 4. The van der Waals surface area contributed by atoms with E-state index < -0.39 is 0 Å². The molecule has 1 aromatic rings. The average Bonchev–Trinajstić information content (AvgIpc) is 2.48. The SMILES string of the molecule is CCOc1nnc(CBr)n1C(C)C. The second kappa shape index (κ2) is 4.60. The molecule has 13 heavy (non-hydrogen) atoms. The maximum absolute atomic E-state index is 5.35. The Kier molecular flexibility index (Phi) is 3.71. The Morgan fingerprint density at radius 2 is 2.15 bits per heavy atom. The largest absolute Gasteiger partial charge is 0.464 e. The van der Waals surface area contributed by atoms with Crippen LogP contribution in [0.25, 0.3) is 0 Å². The first kappa shape index (κ1) is 10.5. The van der Waals surface area contributed by atoms with Crippen LogP contribution in [0.2, 0.25) is 0 Å². The van der Waals surface area contributed by atoms with Gasteiger partial charge in [-0.15, -0.1) is 5.10 Å². The molecule has 0 fully saturated rings. The molecule has 0 atom stereocenters. The zero-order valence-electron chi connectivity index (χ0n) is 8.12. The summed E-state index contributed by atoms with van der Waals surface area (Å²) in [4.78, 5) is 0. The van der Waals surface area contributed by atoms with E-state index in [4.69, 9.17) is 4.74 Å². The van der Waals surface area contributed by atoms with Gasteiger partial charge in [-0.3, -0.25) is 4.57 Å². The molecule has 74 valence electrons. The second-order valence-corrected chi connectivity index (χ2v) is 3.49. The Labute approximate surface area is 86.4 Å². The van der Waals surface area contributed by atoms with Crippen LogP contribution in [-0.4, -0.2) is 21.4 Å². The van der Waals surface area contributed by atoms with Crippen LogP contribution in [0.5, 0.6) is 6.01 Å². The first-order valence-corrected chi connectivity index (χ1v) is 5.45. The lowest BCUT2D eigenvalue weighted by atomic mass is 10.4. The highest BCUT2D eigenvalue weighted by molar-refractivity contribution is 9.08. The third kappa shape index (κ3) is 2.21. The highest BCUT2D eigenvalue weighted by atomic mass is 79.9. The van der Waals surface area contributed by atoms with E-state index in [0.29, 0.717) is 24.0 Å². The highest BCUT2D eigenvalue weighted by Crippen LogP contribution is 2.18. The van der Waals surface area contributed by atoms with Crippen LogP contribution in [0.15, 0.2) is 0 Å². The van der Waals surface area contributed by atoms with Gasteiger partial charge in [0.25, 0.3) is 0 Å². The van der Waals surface area contributed by atoms with Crippen molar-refractivity contribution < 1.29 is 4.74 Å². The van der Waals surface area contributed by atoms with Crippen LogP contribution in [0.4, 0.5) is 0 Å². The van der Waals surface area contributed by atoms with E-state index in [9.17, 15) is 0 Å².